The summed E-state index contributed by atoms with van der Waals surface area (Å²) in [5.74, 6) is 0.977. The van der Waals surface area contributed by atoms with Crippen LogP contribution >= 0.6 is 0 Å². The van der Waals surface area contributed by atoms with Gasteiger partial charge in [-0.3, -0.25) is 4.79 Å². The fraction of sp³-hybridized carbons (Fsp3) is 0.357. The Kier molecular flexibility index (Phi) is 2.57. The van der Waals surface area contributed by atoms with E-state index < -0.39 is 5.41 Å². The molecule has 0 aliphatic carbocycles. The quantitative estimate of drug-likeness (QED) is 0.905. The minimum absolute atomic E-state index is 0.00385. The SMILES string of the molecule is CN(C)c1noc(-c2ccc3c(c2)C(C)(C)C(=O)N3)n1. The molecule has 104 valence electrons. The van der Waals surface area contributed by atoms with E-state index in [9.17, 15) is 4.79 Å². The van der Waals surface area contributed by atoms with Crippen molar-refractivity contribution in [2.45, 2.75) is 19.3 Å². The van der Waals surface area contributed by atoms with Crippen LogP contribution in [0.2, 0.25) is 0 Å². The number of fused-ring (bicyclic) bond motifs is 1. The molecule has 0 fully saturated rings. The second-order valence-corrected chi connectivity index (χ2v) is 5.63. The van der Waals surface area contributed by atoms with Gasteiger partial charge in [-0.05, 0) is 42.8 Å². The molecule has 1 N–H and O–H groups in total. The molecule has 1 aliphatic rings. The van der Waals surface area contributed by atoms with Crippen molar-refractivity contribution in [2.24, 2.45) is 0 Å². The van der Waals surface area contributed by atoms with E-state index in [0.717, 1.165) is 16.8 Å². The molecule has 1 aromatic carbocycles. The minimum Gasteiger partial charge on any atom is -0.344 e. The molecule has 0 unspecified atom stereocenters. The normalized spacial score (nSPS) is 15.9. The van der Waals surface area contributed by atoms with Crippen LogP contribution in [0.3, 0.4) is 0 Å². The predicted molar refractivity (Wildman–Crippen MR) is 75.7 cm³/mol. The van der Waals surface area contributed by atoms with E-state index in [4.69, 9.17) is 4.52 Å². The van der Waals surface area contributed by atoms with Crippen molar-refractivity contribution < 1.29 is 9.32 Å². The van der Waals surface area contributed by atoms with Gasteiger partial charge in [0, 0.05) is 25.3 Å². The predicted octanol–water partition coefficient (Wildman–Crippen LogP) is 2.03. The molecule has 20 heavy (non-hydrogen) atoms. The molecule has 1 amide bonds. The first-order valence-electron chi connectivity index (χ1n) is 6.37. The Balaban J connectivity index is 2.05. The van der Waals surface area contributed by atoms with Gasteiger partial charge in [0.25, 0.3) is 11.8 Å². The van der Waals surface area contributed by atoms with Crippen molar-refractivity contribution in [2.75, 3.05) is 24.3 Å². The molecule has 0 saturated heterocycles. The number of hydrogen-bond acceptors (Lipinski definition) is 5. The van der Waals surface area contributed by atoms with Gasteiger partial charge in [-0.25, -0.2) is 0 Å². The lowest BCUT2D eigenvalue weighted by molar-refractivity contribution is -0.119. The molecule has 1 aliphatic heterocycles. The summed E-state index contributed by atoms with van der Waals surface area (Å²) in [5, 5.41) is 6.77. The number of carbonyl (C=O) groups excluding carboxylic acids is 1. The molecule has 6 nitrogen and oxygen atoms in total. The van der Waals surface area contributed by atoms with Gasteiger partial charge in [-0.2, -0.15) is 4.98 Å². The Hall–Kier alpha value is -2.37. The lowest BCUT2D eigenvalue weighted by atomic mass is 9.85. The smallest absolute Gasteiger partial charge is 0.265 e. The monoisotopic (exact) mass is 272 g/mol. The Bertz CT molecular complexity index is 688. The Morgan fingerprint density at radius 2 is 2.05 bits per heavy atom. The summed E-state index contributed by atoms with van der Waals surface area (Å²) < 4.78 is 5.26. The summed E-state index contributed by atoms with van der Waals surface area (Å²) >= 11 is 0. The zero-order valence-corrected chi connectivity index (χ0v) is 11.9. The first kappa shape index (κ1) is 12.7. The highest BCUT2D eigenvalue weighted by Crippen LogP contribution is 2.39. The molecular formula is C14H16N4O2. The lowest BCUT2D eigenvalue weighted by Gasteiger charge is -2.15. The van der Waals surface area contributed by atoms with Crippen LogP contribution in [0.5, 0.6) is 0 Å². The molecular weight excluding hydrogens is 256 g/mol. The highest BCUT2D eigenvalue weighted by atomic mass is 16.5. The van der Waals surface area contributed by atoms with Gasteiger partial charge in [-0.1, -0.05) is 0 Å². The minimum atomic E-state index is -0.546. The zero-order chi connectivity index (χ0) is 14.5. The van der Waals surface area contributed by atoms with Crippen LogP contribution in [0.4, 0.5) is 11.6 Å². The molecule has 6 heteroatoms. The third kappa shape index (κ3) is 1.76. The number of nitrogens with zero attached hydrogens (tertiary/aromatic N) is 3. The van der Waals surface area contributed by atoms with E-state index in [0.29, 0.717) is 11.8 Å². The highest BCUT2D eigenvalue weighted by Gasteiger charge is 2.38. The van der Waals surface area contributed by atoms with Gasteiger partial charge in [-0.15, -0.1) is 0 Å². The average Bonchev–Trinajstić information content (AvgIpc) is 2.95. The third-order valence-electron chi connectivity index (χ3n) is 3.57. The molecule has 0 spiro atoms. The van der Waals surface area contributed by atoms with E-state index in [2.05, 4.69) is 15.5 Å². The number of carbonyl (C=O) groups is 1. The molecule has 3 rings (SSSR count). The number of benzene rings is 1. The summed E-state index contributed by atoms with van der Waals surface area (Å²) in [6.45, 7) is 3.80. The highest BCUT2D eigenvalue weighted by molar-refractivity contribution is 6.06. The van der Waals surface area contributed by atoms with Crippen LogP contribution in [0.15, 0.2) is 22.7 Å². The topological polar surface area (TPSA) is 71.3 Å². The van der Waals surface area contributed by atoms with E-state index in [1.54, 1.807) is 4.90 Å². The summed E-state index contributed by atoms with van der Waals surface area (Å²) in [7, 11) is 3.70. The van der Waals surface area contributed by atoms with Crippen LogP contribution in [0.1, 0.15) is 19.4 Å². The van der Waals surface area contributed by atoms with Crippen LogP contribution in [0.25, 0.3) is 11.5 Å². The maximum atomic E-state index is 11.9. The summed E-state index contributed by atoms with van der Waals surface area (Å²) in [6.07, 6.45) is 0. The summed E-state index contributed by atoms with van der Waals surface area (Å²) in [5.41, 5.74) is 2.06. The van der Waals surface area contributed by atoms with Crippen LogP contribution in [0, 0.1) is 0 Å². The van der Waals surface area contributed by atoms with E-state index in [1.165, 1.54) is 0 Å². The standard InChI is InChI=1S/C14H16N4O2/c1-14(2)9-7-8(5-6-10(9)15-12(14)19)11-16-13(17-20-11)18(3)4/h5-7H,1-4H3,(H,15,19). The van der Waals surface area contributed by atoms with Crippen LogP contribution < -0.4 is 10.2 Å². The average molecular weight is 272 g/mol. The first-order valence-corrected chi connectivity index (χ1v) is 6.37. The molecule has 0 radical (unpaired) electrons. The van der Waals surface area contributed by atoms with Crippen molar-refractivity contribution >= 4 is 17.5 Å². The van der Waals surface area contributed by atoms with Crippen LogP contribution in [-0.4, -0.2) is 30.1 Å². The number of rotatable bonds is 2. The largest absolute Gasteiger partial charge is 0.344 e. The van der Waals surface area contributed by atoms with Gasteiger partial charge < -0.3 is 14.7 Å². The van der Waals surface area contributed by atoms with Crippen molar-refractivity contribution in [3.8, 4) is 11.5 Å². The number of aromatic nitrogens is 2. The van der Waals surface area contributed by atoms with Gasteiger partial charge in [0.15, 0.2) is 0 Å². The van der Waals surface area contributed by atoms with Gasteiger partial charge in [0.1, 0.15) is 0 Å². The van der Waals surface area contributed by atoms with Crippen molar-refractivity contribution in [3.05, 3.63) is 23.8 Å². The summed E-state index contributed by atoms with van der Waals surface area (Å²) in [6, 6.07) is 5.67. The lowest BCUT2D eigenvalue weighted by Crippen LogP contribution is -2.26. The molecule has 0 bridgehead atoms. The molecule has 0 saturated carbocycles. The molecule has 0 atom stereocenters. The van der Waals surface area contributed by atoms with E-state index in [1.807, 2.05) is 46.1 Å². The van der Waals surface area contributed by atoms with Gasteiger partial charge in [0.05, 0.1) is 5.41 Å². The van der Waals surface area contributed by atoms with Crippen molar-refractivity contribution in [1.82, 2.24) is 10.1 Å². The fourth-order valence-corrected chi connectivity index (χ4v) is 2.22. The van der Waals surface area contributed by atoms with Gasteiger partial charge >= 0.3 is 0 Å². The number of anilines is 2. The van der Waals surface area contributed by atoms with E-state index >= 15 is 0 Å². The maximum Gasteiger partial charge on any atom is 0.265 e. The fourth-order valence-electron chi connectivity index (χ4n) is 2.22. The maximum absolute atomic E-state index is 11.9. The second kappa shape index (κ2) is 4.06. The first-order chi connectivity index (χ1) is 9.39. The van der Waals surface area contributed by atoms with Crippen molar-refractivity contribution in [1.29, 1.82) is 0 Å². The Morgan fingerprint density at radius 1 is 1.30 bits per heavy atom. The van der Waals surface area contributed by atoms with E-state index in [-0.39, 0.29) is 5.91 Å². The van der Waals surface area contributed by atoms with Gasteiger partial charge in [0.2, 0.25) is 5.91 Å². The summed E-state index contributed by atoms with van der Waals surface area (Å²) in [4.78, 5) is 18.0. The number of nitrogens with one attached hydrogen (secondary N) is 1. The Labute approximate surface area is 116 Å². The third-order valence-corrected chi connectivity index (χ3v) is 3.57. The molecule has 2 aromatic rings. The zero-order valence-electron chi connectivity index (χ0n) is 11.9. The molecule has 2 heterocycles. The number of hydrogen-bond donors (Lipinski definition) is 1. The van der Waals surface area contributed by atoms with Crippen molar-refractivity contribution in [3.63, 3.8) is 0 Å². The number of amides is 1. The van der Waals surface area contributed by atoms with Crippen LogP contribution in [-0.2, 0) is 10.2 Å². The Morgan fingerprint density at radius 3 is 2.70 bits per heavy atom. The second-order valence-electron chi connectivity index (χ2n) is 5.63. The molecule has 1 aromatic heterocycles.